The van der Waals surface area contributed by atoms with Gasteiger partial charge in [0.25, 0.3) is 0 Å². The van der Waals surface area contributed by atoms with Crippen LogP contribution in [0.1, 0.15) is 41.6 Å². The van der Waals surface area contributed by atoms with E-state index in [1.54, 1.807) is 36.4 Å². The number of rotatable bonds is 8. The first-order chi connectivity index (χ1) is 17.9. The summed E-state index contributed by atoms with van der Waals surface area (Å²) in [6, 6.07) is 21.7. The van der Waals surface area contributed by atoms with Gasteiger partial charge in [0, 0.05) is 11.6 Å². The molecule has 0 bridgehead atoms. The van der Waals surface area contributed by atoms with Gasteiger partial charge in [0.15, 0.2) is 5.96 Å². The van der Waals surface area contributed by atoms with Gasteiger partial charge in [0.1, 0.15) is 12.4 Å². The van der Waals surface area contributed by atoms with Crippen molar-refractivity contribution >= 4 is 29.5 Å². The van der Waals surface area contributed by atoms with Crippen LogP contribution in [0.2, 0.25) is 5.02 Å². The lowest BCUT2D eigenvalue weighted by atomic mass is 9.82. The minimum Gasteiger partial charge on any atom is -0.457 e. The maximum absolute atomic E-state index is 12.6. The molecule has 0 atom stereocenters. The number of halogens is 1. The van der Waals surface area contributed by atoms with Crippen molar-refractivity contribution in [3.8, 4) is 16.9 Å². The molecular weight excluding hydrogens is 490 g/mol. The molecule has 37 heavy (non-hydrogen) atoms. The number of esters is 2. The van der Waals surface area contributed by atoms with Crippen LogP contribution in [0.3, 0.4) is 0 Å². The van der Waals surface area contributed by atoms with Crippen LogP contribution in [0.15, 0.2) is 77.8 Å². The van der Waals surface area contributed by atoms with Crippen LogP contribution < -0.4 is 16.2 Å². The van der Waals surface area contributed by atoms with Crippen LogP contribution in [-0.2, 0) is 16.1 Å². The molecule has 8 heteroatoms. The monoisotopic (exact) mass is 519 g/mol. The van der Waals surface area contributed by atoms with E-state index >= 15 is 0 Å². The second-order valence-corrected chi connectivity index (χ2v) is 9.65. The summed E-state index contributed by atoms with van der Waals surface area (Å²) in [5.74, 6) is 0.320. The molecule has 0 unspecified atom stereocenters. The molecule has 4 N–H and O–H groups in total. The highest BCUT2D eigenvalue weighted by Crippen LogP contribution is 2.31. The van der Waals surface area contributed by atoms with E-state index in [1.807, 2.05) is 36.4 Å². The molecule has 1 saturated carbocycles. The summed E-state index contributed by atoms with van der Waals surface area (Å²) in [5.41, 5.74) is 14.0. The van der Waals surface area contributed by atoms with E-state index in [2.05, 4.69) is 4.99 Å². The van der Waals surface area contributed by atoms with Gasteiger partial charge in [0.2, 0.25) is 0 Å². The number of carbonyl (C=O) groups excluding carboxylic acids is 2. The second-order valence-electron chi connectivity index (χ2n) is 9.21. The van der Waals surface area contributed by atoms with Gasteiger partial charge in [0.05, 0.1) is 11.5 Å². The number of aliphatic imine (C=N–C) groups is 1. The van der Waals surface area contributed by atoms with E-state index < -0.39 is 5.97 Å². The fraction of sp³-hybridized carbons (Fsp3) is 0.276. The van der Waals surface area contributed by atoms with E-state index in [0.29, 0.717) is 28.8 Å². The van der Waals surface area contributed by atoms with E-state index in [0.717, 1.165) is 42.4 Å². The van der Waals surface area contributed by atoms with Crippen LogP contribution in [-0.4, -0.2) is 24.4 Å². The summed E-state index contributed by atoms with van der Waals surface area (Å²) in [6.45, 7) is 0.786. The number of carbonyl (C=O) groups is 2. The fourth-order valence-corrected chi connectivity index (χ4v) is 4.47. The molecule has 0 aliphatic heterocycles. The zero-order chi connectivity index (χ0) is 26.2. The Bertz CT molecular complexity index is 1230. The topological polar surface area (TPSA) is 117 Å². The number of guanidine groups is 1. The molecule has 1 aliphatic carbocycles. The predicted octanol–water partition coefficient (Wildman–Crippen LogP) is 5.35. The number of nitrogens with two attached hydrogens (primary N) is 2. The SMILES string of the molecule is NC(N)=NCC1CCC(C(=O)Oc2ccc(-c3ccc(C(=O)OCc4ccc(Cl)cc4)cc3)cc2)CC1. The van der Waals surface area contributed by atoms with Crippen molar-refractivity contribution in [2.75, 3.05) is 6.54 Å². The van der Waals surface area contributed by atoms with Gasteiger partial charge in [-0.05, 0) is 84.7 Å². The van der Waals surface area contributed by atoms with Crippen LogP contribution in [0.5, 0.6) is 5.75 Å². The van der Waals surface area contributed by atoms with E-state index in [4.69, 9.17) is 32.5 Å². The van der Waals surface area contributed by atoms with Crippen molar-refractivity contribution < 1.29 is 19.1 Å². The van der Waals surface area contributed by atoms with Crippen LogP contribution in [0.4, 0.5) is 0 Å². The van der Waals surface area contributed by atoms with E-state index in [1.165, 1.54) is 0 Å². The van der Waals surface area contributed by atoms with Gasteiger partial charge in [-0.3, -0.25) is 9.79 Å². The highest BCUT2D eigenvalue weighted by molar-refractivity contribution is 6.30. The van der Waals surface area contributed by atoms with Gasteiger partial charge in [-0.2, -0.15) is 0 Å². The summed E-state index contributed by atoms with van der Waals surface area (Å²) in [4.78, 5) is 29.1. The van der Waals surface area contributed by atoms with E-state index in [-0.39, 0.29) is 24.5 Å². The average molecular weight is 520 g/mol. The second kappa shape index (κ2) is 12.4. The Labute approximate surface area is 221 Å². The molecule has 0 aromatic heterocycles. The first-order valence-corrected chi connectivity index (χ1v) is 12.6. The first-order valence-electron chi connectivity index (χ1n) is 12.3. The lowest BCUT2D eigenvalue weighted by Crippen LogP contribution is -2.28. The molecule has 0 spiro atoms. The molecule has 0 amide bonds. The van der Waals surface area contributed by atoms with Gasteiger partial charge in [-0.15, -0.1) is 0 Å². The van der Waals surface area contributed by atoms with Crippen molar-refractivity contribution in [2.24, 2.45) is 28.3 Å². The van der Waals surface area contributed by atoms with Crippen LogP contribution in [0.25, 0.3) is 11.1 Å². The Kier molecular flexibility index (Phi) is 8.80. The zero-order valence-electron chi connectivity index (χ0n) is 20.4. The van der Waals surface area contributed by atoms with Gasteiger partial charge >= 0.3 is 11.9 Å². The maximum atomic E-state index is 12.6. The Morgan fingerprint density at radius 3 is 2.03 bits per heavy atom. The van der Waals surface area contributed by atoms with Gasteiger partial charge in [-0.1, -0.05) is 48.0 Å². The zero-order valence-corrected chi connectivity index (χ0v) is 21.2. The maximum Gasteiger partial charge on any atom is 0.338 e. The average Bonchev–Trinajstić information content (AvgIpc) is 2.92. The highest BCUT2D eigenvalue weighted by atomic mass is 35.5. The third-order valence-electron chi connectivity index (χ3n) is 6.52. The molecule has 1 aliphatic rings. The van der Waals surface area contributed by atoms with Crippen LogP contribution in [0, 0.1) is 11.8 Å². The predicted molar refractivity (Wildman–Crippen MR) is 144 cm³/mol. The van der Waals surface area contributed by atoms with Crippen molar-refractivity contribution in [1.29, 1.82) is 0 Å². The molecule has 3 aromatic rings. The normalized spacial score (nSPS) is 17.0. The van der Waals surface area contributed by atoms with Crippen molar-refractivity contribution in [3.63, 3.8) is 0 Å². The number of ether oxygens (including phenoxy) is 2. The highest BCUT2D eigenvalue weighted by Gasteiger charge is 2.27. The summed E-state index contributed by atoms with van der Waals surface area (Å²) in [6.07, 6.45) is 3.35. The quantitative estimate of drug-likeness (QED) is 0.179. The summed E-state index contributed by atoms with van der Waals surface area (Å²) in [5, 5.41) is 0.635. The van der Waals surface area contributed by atoms with Crippen molar-refractivity contribution in [3.05, 3.63) is 88.9 Å². The van der Waals surface area contributed by atoms with Crippen molar-refractivity contribution in [2.45, 2.75) is 32.3 Å². The lowest BCUT2D eigenvalue weighted by Gasteiger charge is -2.26. The van der Waals surface area contributed by atoms with E-state index in [9.17, 15) is 9.59 Å². The molecule has 1 fully saturated rings. The number of hydrogen-bond acceptors (Lipinski definition) is 5. The Hall–Kier alpha value is -3.84. The van der Waals surface area contributed by atoms with Gasteiger partial charge in [-0.25, -0.2) is 4.79 Å². The summed E-state index contributed by atoms with van der Waals surface area (Å²) < 4.78 is 11.0. The molecule has 0 radical (unpaired) electrons. The Morgan fingerprint density at radius 1 is 0.838 bits per heavy atom. The number of nitrogens with zero attached hydrogens (tertiary/aromatic N) is 1. The molecule has 192 valence electrons. The first kappa shape index (κ1) is 26.2. The molecule has 3 aromatic carbocycles. The number of hydrogen-bond donors (Lipinski definition) is 2. The molecule has 7 nitrogen and oxygen atoms in total. The number of benzene rings is 3. The largest absolute Gasteiger partial charge is 0.457 e. The summed E-state index contributed by atoms with van der Waals surface area (Å²) in [7, 11) is 0. The Balaban J connectivity index is 1.27. The third-order valence-corrected chi connectivity index (χ3v) is 6.77. The molecule has 0 heterocycles. The minimum absolute atomic E-state index is 0.105. The standard InChI is InChI=1S/C29H30ClN3O4/c30-25-13-3-20(4-14-25)18-36-27(34)23-9-7-21(8-10-23)22-11-15-26(16-12-22)37-28(35)24-5-1-19(2-6-24)17-33-29(31)32/h3-4,7-16,19,24H,1-2,5-6,17-18H2,(H4,31,32,33). The third kappa shape index (κ3) is 7.57. The smallest absolute Gasteiger partial charge is 0.338 e. The molecule has 0 saturated heterocycles. The summed E-state index contributed by atoms with van der Waals surface area (Å²) >= 11 is 5.88. The Morgan fingerprint density at radius 2 is 1.43 bits per heavy atom. The lowest BCUT2D eigenvalue weighted by molar-refractivity contribution is -0.140. The van der Waals surface area contributed by atoms with Crippen molar-refractivity contribution in [1.82, 2.24) is 0 Å². The van der Waals surface area contributed by atoms with Gasteiger partial charge < -0.3 is 20.9 Å². The molecule has 4 rings (SSSR count). The molecular formula is C29H30ClN3O4. The minimum atomic E-state index is -0.394. The van der Waals surface area contributed by atoms with Crippen LogP contribution >= 0.6 is 11.6 Å². The fourth-order valence-electron chi connectivity index (χ4n) is 4.34.